The SMILES string of the molecule is CCc1cc(N)cc(O)c1C.CS(N)(=O)=O. The van der Waals surface area contributed by atoms with Gasteiger partial charge in [0.15, 0.2) is 0 Å². The number of phenolic OH excluding ortho intramolecular Hbond substituents is 1. The van der Waals surface area contributed by atoms with Crippen molar-refractivity contribution in [3.63, 3.8) is 0 Å². The predicted molar refractivity (Wildman–Crippen MR) is 65.7 cm³/mol. The van der Waals surface area contributed by atoms with E-state index in [2.05, 4.69) is 5.14 Å². The summed E-state index contributed by atoms with van der Waals surface area (Å²) in [6, 6.07) is 3.48. The van der Waals surface area contributed by atoms with Gasteiger partial charge in [-0.05, 0) is 30.5 Å². The first-order valence-corrected chi connectivity index (χ1v) is 6.66. The van der Waals surface area contributed by atoms with Crippen molar-refractivity contribution in [2.45, 2.75) is 20.3 Å². The summed E-state index contributed by atoms with van der Waals surface area (Å²) in [7, 11) is -3.17. The number of nitrogens with two attached hydrogens (primary N) is 2. The number of benzene rings is 1. The number of hydrogen-bond donors (Lipinski definition) is 3. The molecule has 16 heavy (non-hydrogen) atoms. The molecule has 0 aliphatic heterocycles. The van der Waals surface area contributed by atoms with Gasteiger partial charge >= 0.3 is 0 Å². The van der Waals surface area contributed by atoms with E-state index in [4.69, 9.17) is 5.73 Å². The van der Waals surface area contributed by atoms with E-state index >= 15 is 0 Å². The van der Waals surface area contributed by atoms with Gasteiger partial charge in [0.05, 0.1) is 6.26 Å². The molecule has 0 aliphatic rings. The molecule has 1 aromatic carbocycles. The Morgan fingerprint density at radius 2 is 1.81 bits per heavy atom. The Morgan fingerprint density at radius 3 is 2.19 bits per heavy atom. The van der Waals surface area contributed by atoms with Crippen LogP contribution in [0.5, 0.6) is 5.75 Å². The van der Waals surface area contributed by atoms with Gasteiger partial charge in [0.25, 0.3) is 0 Å². The molecule has 0 amide bonds. The largest absolute Gasteiger partial charge is 0.508 e. The molecule has 5 N–H and O–H groups in total. The molecule has 0 radical (unpaired) electrons. The first-order chi connectivity index (χ1) is 7.15. The Kier molecular flexibility index (Phi) is 5.26. The van der Waals surface area contributed by atoms with Crippen molar-refractivity contribution >= 4 is 15.7 Å². The fraction of sp³-hybridized carbons (Fsp3) is 0.400. The van der Waals surface area contributed by atoms with Gasteiger partial charge in [-0.25, -0.2) is 13.6 Å². The van der Waals surface area contributed by atoms with Gasteiger partial charge in [-0.2, -0.15) is 0 Å². The molecular weight excluding hydrogens is 228 g/mol. The topological polar surface area (TPSA) is 106 Å². The molecule has 0 fully saturated rings. The second-order valence-corrected chi connectivity index (χ2v) is 5.17. The van der Waals surface area contributed by atoms with Crippen LogP contribution < -0.4 is 10.9 Å². The molecule has 1 rings (SSSR count). The minimum absolute atomic E-state index is 0.293. The summed E-state index contributed by atoms with van der Waals surface area (Å²) in [5.74, 6) is 0.293. The maximum Gasteiger partial charge on any atom is 0.206 e. The third kappa shape index (κ3) is 6.26. The van der Waals surface area contributed by atoms with Gasteiger partial charge < -0.3 is 10.8 Å². The standard InChI is InChI=1S/C9H13NO.CH5NO2S/c1-3-7-4-8(10)5-9(11)6(7)2;1-5(2,3)4/h4-5,11H,3,10H2,1-2H3;1H3,(H2,2,3,4). The van der Waals surface area contributed by atoms with Crippen LogP contribution in [0.3, 0.4) is 0 Å². The van der Waals surface area contributed by atoms with Gasteiger partial charge in [-0.15, -0.1) is 0 Å². The zero-order valence-electron chi connectivity index (χ0n) is 9.69. The molecule has 0 aromatic heterocycles. The van der Waals surface area contributed by atoms with Gasteiger partial charge in [-0.3, -0.25) is 0 Å². The molecule has 0 saturated heterocycles. The first-order valence-electron chi connectivity index (χ1n) is 4.70. The summed E-state index contributed by atoms with van der Waals surface area (Å²) >= 11 is 0. The lowest BCUT2D eigenvalue weighted by Gasteiger charge is -2.06. The Labute approximate surface area is 96.1 Å². The molecule has 0 bridgehead atoms. The summed E-state index contributed by atoms with van der Waals surface area (Å²) in [5, 5.41) is 13.7. The minimum atomic E-state index is -3.17. The molecule has 0 atom stereocenters. The van der Waals surface area contributed by atoms with Crippen molar-refractivity contribution < 1.29 is 13.5 Å². The number of sulfonamides is 1. The molecule has 0 heterocycles. The number of rotatable bonds is 1. The van der Waals surface area contributed by atoms with Crippen molar-refractivity contribution in [3.05, 3.63) is 23.3 Å². The fourth-order valence-electron chi connectivity index (χ4n) is 1.15. The third-order valence-electron chi connectivity index (χ3n) is 1.89. The minimum Gasteiger partial charge on any atom is -0.508 e. The molecule has 5 nitrogen and oxygen atoms in total. The van der Waals surface area contributed by atoms with Crippen LogP contribution in [0, 0.1) is 6.92 Å². The average molecular weight is 246 g/mol. The van der Waals surface area contributed by atoms with Gasteiger partial charge in [0.2, 0.25) is 10.0 Å². The average Bonchev–Trinajstić information content (AvgIpc) is 2.08. The van der Waals surface area contributed by atoms with E-state index in [0.717, 1.165) is 23.8 Å². The van der Waals surface area contributed by atoms with Crippen molar-refractivity contribution in [1.82, 2.24) is 0 Å². The fourth-order valence-corrected chi connectivity index (χ4v) is 1.15. The highest BCUT2D eigenvalue weighted by molar-refractivity contribution is 7.88. The van der Waals surface area contributed by atoms with Crippen LogP contribution in [0.2, 0.25) is 0 Å². The maximum absolute atomic E-state index is 9.41. The van der Waals surface area contributed by atoms with Crippen LogP contribution in [0.4, 0.5) is 5.69 Å². The monoisotopic (exact) mass is 246 g/mol. The van der Waals surface area contributed by atoms with Crippen LogP contribution in [0.25, 0.3) is 0 Å². The van der Waals surface area contributed by atoms with Crippen molar-refractivity contribution in [1.29, 1.82) is 0 Å². The van der Waals surface area contributed by atoms with Crippen LogP contribution in [0.1, 0.15) is 18.1 Å². The number of anilines is 1. The van der Waals surface area contributed by atoms with E-state index in [1.807, 2.05) is 19.9 Å². The second-order valence-electron chi connectivity index (χ2n) is 3.51. The Morgan fingerprint density at radius 1 is 1.38 bits per heavy atom. The van der Waals surface area contributed by atoms with Crippen molar-refractivity contribution in [2.75, 3.05) is 12.0 Å². The zero-order chi connectivity index (χ0) is 12.9. The van der Waals surface area contributed by atoms with Gasteiger partial charge in [0, 0.05) is 11.8 Å². The molecule has 6 heteroatoms. The van der Waals surface area contributed by atoms with E-state index in [1.54, 1.807) is 6.07 Å². The molecule has 1 aromatic rings. The Balaban J connectivity index is 0.000000385. The third-order valence-corrected chi connectivity index (χ3v) is 1.89. The van der Waals surface area contributed by atoms with E-state index in [1.165, 1.54) is 0 Å². The quantitative estimate of drug-likeness (QED) is 0.635. The van der Waals surface area contributed by atoms with Crippen LogP contribution in [-0.4, -0.2) is 19.8 Å². The molecule has 0 spiro atoms. The summed E-state index contributed by atoms with van der Waals surface area (Å²) in [6.07, 6.45) is 1.84. The van der Waals surface area contributed by atoms with E-state index < -0.39 is 10.0 Å². The van der Waals surface area contributed by atoms with Gasteiger partial charge in [0.1, 0.15) is 5.75 Å². The zero-order valence-corrected chi connectivity index (χ0v) is 10.5. The first kappa shape index (κ1) is 14.7. The Bertz CT molecular complexity index is 447. The molecule has 0 saturated carbocycles. The number of nitrogen functional groups attached to an aromatic ring is 1. The van der Waals surface area contributed by atoms with Crippen LogP contribution in [-0.2, 0) is 16.4 Å². The second kappa shape index (κ2) is 5.72. The normalized spacial score (nSPS) is 10.5. The molecule has 0 unspecified atom stereocenters. The molecule has 92 valence electrons. The number of primary sulfonamides is 1. The number of hydrogen-bond acceptors (Lipinski definition) is 4. The number of phenols is 1. The summed E-state index contributed by atoms with van der Waals surface area (Å²) in [5.41, 5.74) is 8.22. The summed E-state index contributed by atoms with van der Waals surface area (Å²) < 4.78 is 18.8. The highest BCUT2D eigenvalue weighted by Gasteiger charge is 2.01. The predicted octanol–water partition coefficient (Wildman–Crippen LogP) is 0.750. The maximum atomic E-state index is 9.41. The van der Waals surface area contributed by atoms with Crippen LogP contribution in [0.15, 0.2) is 12.1 Å². The lowest BCUT2D eigenvalue weighted by molar-refractivity contribution is 0.470. The van der Waals surface area contributed by atoms with E-state index in [0.29, 0.717) is 11.4 Å². The molecular formula is C10H18N2O3S. The summed E-state index contributed by atoms with van der Waals surface area (Å²) in [6.45, 7) is 3.94. The van der Waals surface area contributed by atoms with Gasteiger partial charge in [-0.1, -0.05) is 6.92 Å². The van der Waals surface area contributed by atoms with E-state index in [-0.39, 0.29) is 0 Å². The van der Waals surface area contributed by atoms with Crippen molar-refractivity contribution in [2.24, 2.45) is 5.14 Å². The summed E-state index contributed by atoms with van der Waals surface area (Å²) in [4.78, 5) is 0. The van der Waals surface area contributed by atoms with E-state index in [9.17, 15) is 13.5 Å². The smallest absolute Gasteiger partial charge is 0.206 e. The number of aromatic hydroxyl groups is 1. The number of aryl methyl sites for hydroxylation is 1. The van der Waals surface area contributed by atoms with Crippen LogP contribution >= 0.6 is 0 Å². The highest BCUT2D eigenvalue weighted by Crippen LogP contribution is 2.23. The van der Waals surface area contributed by atoms with Crippen molar-refractivity contribution in [3.8, 4) is 5.75 Å². The lowest BCUT2D eigenvalue weighted by Crippen LogP contribution is -2.07. The Hall–Kier alpha value is -1.27. The molecule has 0 aliphatic carbocycles. The lowest BCUT2D eigenvalue weighted by atomic mass is 10.0. The highest BCUT2D eigenvalue weighted by atomic mass is 32.2.